The molecule has 0 aliphatic rings. The van der Waals surface area contributed by atoms with Crippen LogP contribution in [0.25, 0.3) is 0 Å². The maximum absolute atomic E-state index is 9.53. The third kappa shape index (κ3) is 7.87. The van der Waals surface area contributed by atoms with Gasteiger partial charge in [0, 0.05) is 26.2 Å². The molecule has 0 aliphatic heterocycles. The highest BCUT2D eigenvalue weighted by Crippen LogP contribution is 2.14. The summed E-state index contributed by atoms with van der Waals surface area (Å²) in [7, 11) is 0. The summed E-state index contributed by atoms with van der Waals surface area (Å²) in [6.07, 6.45) is -0.480. The third-order valence-corrected chi connectivity index (χ3v) is 3.31. The molecule has 22 heavy (non-hydrogen) atoms. The molecule has 0 bridgehead atoms. The van der Waals surface area contributed by atoms with Crippen LogP contribution in [0.15, 0.2) is 18.2 Å². The summed E-state index contributed by atoms with van der Waals surface area (Å²) in [6, 6.07) is 6.19. The quantitative estimate of drug-likeness (QED) is 0.436. The Morgan fingerprint density at radius 3 is 1.86 bits per heavy atom. The number of hydrogen-bond donors (Lipinski definition) is 5. The van der Waals surface area contributed by atoms with Gasteiger partial charge < -0.3 is 26.0 Å². The van der Waals surface area contributed by atoms with Crippen molar-refractivity contribution in [3.8, 4) is 0 Å². The predicted octanol–water partition coefficient (Wildman–Crippen LogP) is 0.551. The van der Waals surface area contributed by atoms with Crippen LogP contribution in [0.5, 0.6) is 0 Å². The van der Waals surface area contributed by atoms with Crippen molar-refractivity contribution in [1.29, 1.82) is 0 Å². The van der Waals surface area contributed by atoms with E-state index in [4.69, 9.17) is 0 Å². The fourth-order valence-corrected chi connectivity index (χ4v) is 2.32. The first-order valence-electron chi connectivity index (χ1n) is 7.94. The highest BCUT2D eigenvalue weighted by molar-refractivity contribution is 5.32. The van der Waals surface area contributed by atoms with Crippen molar-refractivity contribution in [1.82, 2.24) is 10.6 Å². The SMILES string of the molecule is CC(O)CNCc1ccc(CC(C)O)cc1CNCC(C)O. The molecule has 5 nitrogen and oxygen atoms in total. The van der Waals surface area contributed by atoms with Crippen molar-refractivity contribution in [2.45, 2.75) is 58.6 Å². The van der Waals surface area contributed by atoms with Crippen LogP contribution in [-0.4, -0.2) is 46.7 Å². The Morgan fingerprint density at radius 1 is 0.818 bits per heavy atom. The second-order valence-corrected chi connectivity index (χ2v) is 6.12. The Hall–Kier alpha value is -0.980. The van der Waals surface area contributed by atoms with Gasteiger partial charge in [0.15, 0.2) is 0 Å². The van der Waals surface area contributed by atoms with Gasteiger partial charge in [-0.3, -0.25) is 0 Å². The summed E-state index contributed by atoms with van der Waals surface area (Å²) in [5.41, 5.74) is 3.41. The zero-order chi connectivity index (χ0) is 16.5. The third-order valence-electron chi connectivity index (χ3n) is 3.31. The van der Waals surface area contributed by atoms with E-state index in [2.05, 4.69) is 22.8 Å². The maximum atomic E-state index is 9.53. The molecule has 3 unspecified atom stereocenters. The molecule has 0 saturated heterocycles. The van der Waals surface area contributed by atoms with E-state index in [0.29, 0.717) is 32.6 Å². The molecular weight excluding hydrogens is 280 g/mol. The van der Waals surface area contributed by atoms with Gasteiger partial charge in [-0.1, -0.05) is 18.2 Å². The lowest BCUT2D eigenvalue weighted by Gasteiger charge is -2.15. The number of hydrogen-bond acceptors (Lipinski definition) is 5. The molecule has 1 rings (SSSR count). The molecule has 1 aromatic carbocycles. The standard InChI is InChI=1S/C17H30N2O3/c1-12(20)6-15-4-5-16(10-18-8-13(2)21)17(7-15)11-19-9-14(3)22/h4-5,7,12-14,18-22H,6,8-11H2,1-3H3. The van der Waals surface area contributed by atoms with E-state index in [-0.39, 0.29) is 18.3 Å². The second-order valence-electron chi connectivity index (χ2n) is 6.12. The first-order valence-corrected chi connectivity index (χ1v) is 7.94. The summed E-state index contributed by atoms with van der Waals surface area (Å²) >= 11 is 0. The van der Waals surface area contributed by atoms with Gasteiger partial charge >= 0.3 is 0 Å². The molecular formula is C17H30N2O3. The molecule has 0 amide bonds. The number of rotatable bonds is 10. The lowest BCUT2D eigenvalue weighted by molar-refractivity contribution is 0.189. The first kappa shape index (κ1) is 19.1. The molecule has 5 heteroatoms. The molecule has 0 aliphatic carbocycles. The normalized spacial score (nSPS) is 15.5. The number of nitrogens with one attached hydrogen (secondary N) is 2. The van der Waals surface area contributed by atoms with Crippen molar-refractivity contribution in [2.24, 2.45) is 0 Å². The van der Waals surface area contributed by atoms with E-state index in [1.165, 1.54) is 0 Å². The van der Waals surface area contributed by atoms with Crippen molar-refractivity contribution < 1.29 is 15.3 Å². The fourth-order valence-electron chi connectivity index (χ4n) is 2.32. The Labute approximate surface area is 133 Å². The van der Waals surface area contributed by atoms with Gasteiger partial charge in [-0.15, -0.1) is 0 Å². The largest absolute Gasteiger partial charge is 0.393 e. The average Bonchev–Trinajstić information content (AvgIpc) is 2.39. The summed E-state index contributed by atoms with van der Waals surface area (Å²) in [6.45, 7) is 7.74. The molecule has 0 heterocycles. The molecule has 0 radical (unpaired) electrons. The maximum Gasteiger partial charge on any atom is 0.0636 e. The first-order chi connectivity index (χ1) is 10.4. The van der Waals surface area contributed by atoms with E-state index in [1.807, 2.05) is 6.07 Å². The van der Waals surface area contributed by atoms with Crippen LogP contribution < -0.4 is 10.6 Å². The molecule has 0 spiro atoms. The van der Waals surface area contributed by atoms with Crippen LogP contribution in [0.4, 0.5) is 0 Å². The summed E-state index contributed by atoms with van der Waals surface area (Å²) in [4.78, 5) is 0. The summed E-state index contributed by atoms with van der Waals surface area (Å²) in [5.74, 6) is 0. The minimum absolute atomic E-state index is 0.363. The Kier molecular flexibility index (Phi) is 8.60. The van der Waals surface area contributed by atoms with E-state index in [0.717, 1.165) is 16.7 Å². The molecule has 126 valence electrons. The molecule has 5 N–H and O–H groups in total. The number of benzene rings is 1. The molecule has 0 saturated carbocycles. The van der Waals surface area contributed by atoms with Crippen LogP contribution >= 0.6 is 0 Å². The zero-order valence-corrected chi connectivity index (χ0v) is 13.8. The highest BCUT2D eigenvalue weighted by atomic mass is 16.3. The Bertz CT molecular complexity index is 434. The molecule has 3 atom stereocenters. The Balaban J connectivity index is 2.74. The van der Waals surface area contributed by atoms with Crippen LogP contribution in [-0.2, 0) is 19.5 Å². The van der Waals surface area contributed by atoms with Crippen LogP contribution in [0.1, 0.15) is 37.5 Å². The fraction of sp³-hybridized carbons (Fsp3) is 0.647. The summed E-state index contributed by atoms with van der Waals surface area (Å²) in [5, 5.41) is 34.6. The van der Waals surface area contributed by atoms with E-state index < -0.39 is 0 Å². The average molecular weight is 310 g/mol. The minimum Gasteiger partial charge on any atom is -0.393 e. The second kappa shape index (κ2) is 9.92. The van der Waals surface area contributed by atoms with Crippen molar-refractivity contribution >= 4 is 0 Å². The summed E-state index contributed by atoms with van der Waals surface area (Å²) < 4.78 is 0. The minimum atomic E-state index is -0.377. The van der Waals surface area contributed by atoms with Gasteiger partial charge in [0.05, 0.1) is 18.3 Å². The molecule has 1 aromatic rings. The van der Waals surface area contributed by atoms with Gasteiger partial charge in [0.2, 0.25) is 0 Å². The van der Waals surface area contributed by atoms with Gasteiger partial charge in [0.1, 0.15) is 0 Å². The van der Waals surface area contributed by atoms with Crippen LogP contribution in [0, 0.1) is 0 Å². The number of aliphatic hydroxyl groups is 3. The smallest absolute Gasteiger partial charge is 0.0636 e. The van der Waals surface area contributed by atoms with Gasteiger partial charge in [-0.25, -0.2) is 0 Å². The van der Waals surface area contributed by atoms with Crippen molar-refractivity contribution in [3.63, 3.8) is 0 Å². The number of aliphatic hydroxyl groups excluding tert-OH is 3. The van der Waals surface area contributed by atoms with Crippen molar-refractivity contribution in [2.75, 3.05) is 13.1 Å². The predicted molar refractivity (Wildman–Crippen MR) is 88.6 cm³/mol. The van der Waals surface area contributed by atoms with Gasteiger partial charge in [0.25, 0.3) is 0 Å². The van der Waals surface area contributed by atoms with Crippen molar-refractivity contribution in [3.05, 3.63) is 34.9 Å². The van der Waals surface area contributed by atoms with E-state index >= 15 is 0 Å². The highest BCUT2D eigenvalue weighted by Gasteiger charge is 2.07. The van der Waals surface area contributed by atoms with E-state index in [1.54, 1.807) is 20.8 Å². The Morgan fingerprint density at radius 2 is 1.36 bits per heavy atom. The van der Waals surface area contributed by atoms with Gasteiger partial charge in [-0.05, 0) is 43.9 Å². The molecule has 0 aromatic heterocycles. The van der Waals surface area contributed by atoms with Crippen LogP contribution in [0.3, 0.4) is 0 Å². The topological polar surface area (TPSA) is 84.8 Å². The van der Waals surface area contributed by atoms with Crippen LogP contribution in [0.2, 0.25) is 0 Å². The lowest BCUT2D eigenvalue weighted by Crippen LogP contribution is -2.27. The zero-order valence-electron chi connectivity index (χ0n) is 13.8. The monoisotopic (exact) mass is 310 g/mol. The van der Waals surface area contributed by atoms with Gasteiger partial charge in [-0.2, -0.15) is 0 Å². The lowest BCUT2D eigenvalue weighted by atomic mass is 10.00. The molecule has 0 fully saturated rings. The van der Waals surface area contributed by atoms with E-state index in [9.17, 15) is 15.3 Å².